The van der Waals surface area contributed by atoms with Gasteiger partial charge in [-0.2, -0.15) is 0 Å². The van der Waals surface area contributed by atoms with Crippen LogP contribution in [0.15, 0.2) is 6.07 Å². The minimum atomic E-state index is -0.160. The number of rotatable bonds is 2. The van der Waals surface area contributed by atoms with Crippen LogP contribution in [-0.4, -0.2) is 5.11 Å². The Morgan fingerprint density at radius 3 is 2.41 bits per heavy atom. The van der Waals surface area contributed by atoms with Crippen molar-refractivity contribution in [3.05, 3.63) is 21.4 Å². The number of aryl methyl sites for hydroxylation is 2. The van der Waals surface area contributed by atoms with Crippen molar-refractivity contribution in [1.29, 1.82) is 0 Å². The van der Waals surface area contributed by atoms with Gasteiger partial charge in [0.1, 0.15) is 0 Å². The second kappa shape index (κ2) is 3.36. The van der Waals surface area contributed by atoms with Crippen molar-refractivity contribution in [1.82, 2.24) is 0 Å². The van der Waals surface area contributed by atoms with Crippen molar-refractivity contribution < 1.29 is 5.11 Å². The predicted molar refractivity (Wildman–Crippen MR) is 70.1 cm³/mol. The first-order valence-corrected chi connectivity index (χ1v) is 7.73. The van der Waals surface area contributed by atoms with Crippen LogP contribution >= 0.6 is 11.3 Å². The summed E-state index contributed by atoms with van der Waals surface area (Å²) in [6.45, 7) is 4.29. The van der Waals surface area contributed by atoms with Gasteiger partial charge in [-0.25, -0.2) is 0 Å². The van der Waals surface area contributed by atoms with Gasteiger partial charge in [-0.3, -0.25) is 0 Å². The van der Waals surface area contributed by atoms with Crippen LogP contribution in [0.4, 0.5) is 0 Å². The SMILES string of the molecule is Cc1cc(C)c(C(O)C2C3C4CCC(C4)C32)s1. The molecule has 3 aliphatic carbocycles. The van der Waals surface area contributed by atoms with Crippen LogP contribution < -0.4 is 0 Å². The molecule has 5 unspecified atom stereocenters. The van der Waals surface area contributed by atoms with Crippen molar-refractivity contribution in [2.24, 2.45) is 29.6 Å². The summed E-state index contributed by atoms with van der Waals surface area (Å²) in [6.07, 6.45) is 4.20. The topological polar surface area (TPSA) is 20.2 Å². The molecule has 1 heterocycles. The molecule has 5 atom stereocenters. The highest BCUT2D eigenvalue weighted by Crippen LogP contribution is 2.72. The summed E-state index contributed by atoms with van der Waals surface area (Å²) in [5, 5.41) is 10.6. The molecule has 17 heavy (non-hydrogen) atoms. The van der Waals surface area contributed by atoms with E-state index in [1.165, 1.54) is 34.6 Å². The number of thiophene rings is 1. The lowest BCUT2D eigenvalue weighted by Crippen LogP contribution is -2.07. The summed E-state index contributed by atoms with van der Waals surface area (Å²) in [4.78, 5) is 2.59. The van der Waals surface area contributed by atoms with Gasteiger partial charge in [-0.05, 0) is 74.3 Å². The van der Waals surface area contributed by atoms with Gasteiger partial charge in [0.05, 0.1) is 6.10 Å². The molecule has 1 nitrogen and oxygen atoms in total. The molecule has 92 valence electrons. The standard InChI is InChI=1S/C15H20OS/c1-7-5-8(2)17-15(7)14(16)13-11-9-3-4-10(6-9)12(11)13/h5,9-14,16H,3-4,6H2,1-2H3. The summed E-state index contributed by atoms with van der Waals surface area (Å²) in [7, 11) is 0. The van der Waals surface area contributed by atoms with Crippen LogP contribution in [0, 0.1) is 43.4 Å². The smallest absolute Gasteiger partial charge is 0.0918 e. The number of fused-ring (bicyclic) bond motifs is 5. The van der Waals surface area contributed by atoms with Crippen molar-refractivity contribution in [3.63, 3.8) is 0 Å². The molecule has 3 aliphatic rings. The molecule has 0 radical (unpaired) electrons. The van der Waals surface area contributed by atoms with E-state index in [2.05, 4.69) is 19.9 Å². The first-order valence-electron chi connectivity index (χ1n) is 6.92. The maximum atomic E-state index is 10.6. The summed E-state index contributed by atoms with van der Waals surface area (Å²) < 4.78 is 0. The van der Waals surface area contributed by atoms with Crippen LogP contribution in [0.2, 0.25) is 0 Å². The van der Waals surface area contributed by atoms with E-state index in [1.807, 2.05) is 0 Å². The fourth-order valence-corrected chi connectivity index (χ4v) is 6.02. The summed E-state index contributed by atoms with van der Waals surface area (Å²) in [5.41, 5.74) is 1.30. The molecule has 0 aliphatic heterocycles. The van der Waals surface area contributed by atoms with Gasteiger partial charge in [-0.1, -0.05) is 0 Å². The molecule has 2 bridgehead atoms. The molecule has 3 saturated carbocycles. The summed E-state index contributed by atoms with van der Waals surface area (Å²) in [6, 6.07) is 2.22. The molecule has 0 saturated heterocycles. The molecule has 3 fully saturated rings. The average molecular weight is 248 g/mol. The number of aliphatic hydroxyl groups excluding tert-OH is 1. The summed E-state index contributed by atoms with van der Waals surface area (Å²) >= 11 is 1.80. The van der Waals surface area contributed by atoms with E-state index in [0.29, 0.717) is 5.92 Å². The van der Waals surface area contributed by atoms with Gasteiger partial charge in [0, 0.05) is 9.75 Å². The largest absolute Gasteiger partial charge is 0.387 e. The average Bonchev–Trinajstić information content (AvgIpc) is 2.59. The molecular weight excluding hydrogens is 228 g/mol. The van der Waals surface area contributed by atoms with E-state index in [1.54, 1.807) is 11.3 Å². The summed E-state index contributed by atoms with van der Waals surface area (Å²) in [5.74, 6) is 4.30. The van der Waals surface area contributed by atoms with Gasteiger partial charge in [0.15, 0.2) is 0 Å². The lowest BCUT2D eigenvalue weighted by molar-refractivity contribution is 0.133. The van der Waals surface area contributed by atoms with E-state index in [0.717, 1.165) is 23.7 Å². The molecule has 2 heteroatoms. The zero-order valence-corrected chi connectivity index (χ0v) is 11.3. The van der Waals surface area contributed by atoms with Crippen molar-refractivity contribution in [2.75, 3.05) is 0 Å². The second-order valence-electron chi connectivity index (χ2n) is 6.41. The van der Waals surface area contributed by atoms with Crippen molar-refractivity contribution >= 4 is 11.3 Å². The van der Waals surface area contributed by atoms with Gasteiger partial charge >= 0.3 is 0 Å². The quantitative estimate of drug-likeness (QED) is 0.846. The van der Waals surface area contributed by atoms with Crippen LogP contribution in [0.3, 0.4) is 0 Å². The molecule has 0 amide bonds. The monoisotopic (exact) mass is 248 g/mol. The third kappa shape index (κ3) is 1.34. The molecule has 0 spiro atoms. The van der Waals surface area contributed by atoms with E-state index < -0.39 is 0 Å². The van der Waals surface area contributed by atoms with E-state index in [-0.39, 0.29) is 6.10 Å². The predicted octanol–water partition coefficient (Wildman–Crippen LogP) is 3.69. The van der Waals surface area contributed by atoms with Gasteiger partial charge in [0.2, 0.25) is 0 Å². The zero-order chi connectivity index (χ0) is 11.7. The fraction of sp³-hybridized carbons (Fsp3) is 0.733. The van der Waals surface area contributed by atoms with Crippen LogP contribution in [0.1, 0.15) is 40.7 Å². The Hall–Kier alpha value is -0.340. The van der Waals surface area contributed by atoms with Crippen molar-refractivity contribution in [3.8, 4) is 0 Å². The Balaban J connectivity index is 1.59. The second-order valence-corrected chi connectivity index (χ2v) is 7.70. The van der Waals surface area contributed by atoms with E-state index in [4.69, 9.17) is 0 Å². The van der Waals surface area contributed by atoms with Gasteiger partial charge in [0.25, 0.3) is 0 Å². The third-order valence-electron chi connectivity index (χ3n) is 5.51. The molecular formula is C15H20OS. The Morgan fingerprint density at radius 1 is 1.24 bits per heavy atom. The van der Waals surface area contributed by atoms with Crippen LogP contribution in [-0.2, 0) is 0 Å². The Kier molecular flexibility index (Phi) is 2.09. The molecule has 1 aromatic rings. The molecule has 0 aromatic carbocycles. The first-order chi connectivity index (χ1) is 8.16. The van der Waals surface area contributed by atoms with Gasteiger partial charge < -0.3 is 5.11 Å². The maximum Gasteiger partial charge on any atom is 0.0918 e. The molecule has 1 N–H and O–H groups in total. The van der Waals surface area contributed by atoms with E-state index in [9.17, 15) is 5.11 Å². The normalized spacial score (nSPS) is 43.8. The number of hydrogen-bond acceptors (Lipinski definition) is 2. The Labute approximate surface area is 107 Å². The number of aliphatic hydroxyl groups is 1. The van der Waals surface area contributed by atoms with Crippen molar-refractivity contribution in [2.45, 2.75) is 39.2 Å². The third-order valence-corrected chi connectivity index (χ3v) is 6.73. The number of hydrogen-bond donors (Lipinski definition) is 1. The lowest BCUT2D eigenvalue weighted by Gasteiger charge is -2.14. The highest BCUT2D eigenvalue weighted by molar-refractivity contribution is 7.12. The minimum Gasteiger partial charge on any atom is -0.387 e. The highest BCUT2D eigenvalue weighted by Gasteiger charge is 2.67. The maximum absolute atomic E-state index is 10.6. The van der Waals surface area contributed by atoms with Gasteiger partial charge in [-0.15, -0.1) is 11.3 Å². The van der Waals surface area contributed by atoms with Crippen LogP contribution in [0.25, 0.3) is 0 Å². The first kappa shape index (κ1) is 10.6. The minimum absolute atomic E-state index is 0.160. The molecule has 1 aromatic heterocycles. The highest BCUT2D eigenvalue weighted by atomic mass is 32.1. The molecule has 4 rings (SSSR count). The zero-order valence-electron chi connectivity index (χ0n) is 10.5. The Bertz CT molecular complexity index is 447. The van der Waals surface area contributed by atoms with Crippen LogP contribution in [0.5, 0.6) is 0 Å². The fourth-order valence-electron chi connectivity index (χ4n) is 4.94. The lowest BCUT2D eigenvalue weighted by atomic mass is 9.97. The van der Waals surface area contributed by atoms with E-state index >= 15 is 0 Å². The Morgan fingerprint density at radius 2 is 1.88 bits per heavy atom.